The quantitative estimate of drug-likeness (QED) is 0.871. The van der Waals surface area contributed by atoms with Gasteiger partial charge in [0.05, 0.1) is 13.1 Å². The lowest BCUT2D eigenvalue weighted by atomic mass is 10.1. The van der Waals surface area contributed by atoms with Crippen molar-refractivity contribution in [1.82, 2.24) is 4.90 Å². The lowest BCUT2D eigenvalue weighted by molar-refractivity contribution is -0.117. The summed E-state index contributed by atoms with van der Waals surface area (Å²) in [4.78, 5) is 16.6. The standard InChI is InChI=1S/C20H27N3O2/c1-16-6-11-19(25-16)14-22(2)15-20(24)21-17-7-9-18(10-8-17)23-12-4-3-5-13-23/h6-11H,3-5,12-15H2,1-2H3,(H,21,24). The second-order valence-electron chi connectivity index (χ2n) is 6.83. The van der Waals surface area contributed by atoms with Crippen molar-refractivity contribution < 1.29 is 9.21 Å². The van der Waals surface area contributed by atoms with Crippen LogP contribution in [0.3, 0.4) is 0 Å². The molecule has 0 spiro atoms. The third-order valence-corrected chi connectivity index (χ3v) is 4.51. The monoisotopic (exact) mass is 341 g/mol. The molecule has 1 N–H and O–H groups in total. The first kappa shape index (κ1) is 17.5. The molecule has 1 saturated heterocycles. The van der Waals surface area contributed by atoms with E-state index in [1.807, 2.05) is 43.1 Å². The van der Waals surface area contributed by atoms with E-state index in [0.29, 0.717) is 13.1 Å². The summed E-state index contributed by atoms with van der Waals surface area (Å²) in [6, 6.07) is 12.0. The molecule has 3 rings (SSSR count). The van der Waals surface area contributed by atoms with Crippen LogP contribution in [0.15, 0.2) is 40.8 Å². The summed E-state index contributed by atoms with van der Waals surface area (Å²) in [5.74, 6) is 1.75. The molecule has 0 atom stereocenters. The number of hydrogen-bond acceptors (Lipinski definition) is 4. The Morgan fingerprint density at radius 2 is 1.84 bits per heavy atom. The molecule has 0 saturated carbocycles. The molecule has 1 amide bonds. The number of nitrogens with one attached hydrogen (secondary N) is 1. The van der Waals surface area contributed by atoms with Crippen molar-refractivity contribution >= 4 is 17.3 Å². The van der Waals surface area contributed by atoms with Crippen LogP contribution in [0.4, 0.5) is 11.4 Å². The maximum absolute atomic E-state index is 12.2. The first-order chi connectivity index (χ1) is 12.1. The van der Waals surface area contributed by atoms with Crippen LogP contribution in [0, 0.1) is 6.92 Å². The Morgan fingerprint density at radius 1 is 1.12 bits per heavy atom. The van der Waals surface area contributed by atoms with Gasteiger partial charge in [-0.2, -0.15) is 0 Å². The third kappa shape index (κ3) is 5.10. The second-order valence-corrected chi connectivity index (χ2v) is 6.83. The Bertz CT molecular complexity index is 687. The molecule has 1 aromatic carbocycles. The molecule has 134 valence electrons. The number of rotatable bonds is 6. The molecule has 0 aliphatic carbocycles. The van der Waals surface area contributed by atoms with Gasteiger partial charge in [0.1, 0.15) is 11.5 Å². The Kier molecular flexibility index (Phi) is 5.76. The number of carbonyl (C=O) groups excluding carboxylic acids is 1. The van der Waals surface area contributed by atoms with Crippen LogP contribution in [0.25, 0.3) is 0 Å². The summed E-state index contributed by atoms with van der Waals surface area (Å²) in [5, 5.41) is 2.96. The maximum atomic E-state index is 12.2. The molecule has 2 heterocycles. The number of aryl methyl sites for hydroxylation is 1. The van der Waals surface area contributed by atoms with Crippen LogP contribution in [0.2, 0.25) is 0 Å². The molecule has 1 aromatic heterocycles. The number of likely N-dealkylation sites (N-methyl/N-ethyl adjacent to an activating group) is 1. The van der Waals surface area contributed by atoms with Crippen LogP contribution in [-0.2, 0) is 11.3 Å². The van der Waals surface area contributed by atoms with Gasteiger partial charge in [0, 0.05) is 24.5 Å². The number of hydrogen-bond donors (Lipinski definition) is 1. The van der Waals surface area contributed by atoms with E-state index in [4.69, 9.17) is 4.42 Å². The fourth-order valence-corrected chi connectivity index (χ4v) is 3.25. The van der Waals surface area contributed by atoms with Gasteiger partial charge in [-0.3, -0.25) is 9.69 Å². The maximum Gasteiger partial charge on any atom is 0.238 e. The van der Waals surface area contributed by atoms with Crippen molar-refractivity contribution in [3.8, 4) is 0 Å². The van der Waals surface area contributed by atoms with Gasteiger partial charge in [-0.1, -0.05) is 0 Å². The van der Waals surface area contributed by atoms with Gasteiger partial charge in [-0.25, -0.2) is 0 Å². The zero-order valence-corrected chi connectivity index (χ0v) is 15.1. The summed E-state index contributed by atoms with van der Waals surface area (Å²) in [5.41, 5.74) is 2.08. The fraction of sp³-hybridized carbons (Fsp3) is 0.450. The third-order valence-electron chi connectivity index (χ3n) is 4.51. The minimum absolute atomic E-state index is 0.0171. The smallest absolute Gasteiger partial charge is 0.238 e. The predicted octanol–water partition coefficient (Wildman–Crippen LogP) is 3.65. The van der Waals surface area contributed by atoms with E-state index < -0.39 is 0 Å². The molecular formula is C20H27N3O2. The number of nitrogens with zero attached hydrogens (tertiary/aromatic N) is 2. The second kappa shape index (κ2) is 8.21. The van der Waals surface area contributed by atoms with Gasteiger partial charge in [0.2, 0.25) is 5.91 Å². The van der Waals surface area contributed by atoms with Crippen LogP contribution in [-0.4, -0.2) is 37.5 Å². The average molecular weight is 341 g/mol. The minimum atomic E-state index is -0.0171. The zero-order chi connectivity index (χ0) is 17.6. The largest absolute Gasteiger partial charge is 0.465 e. The van der Waals surface area contributed by atoms with Crippen molar-refractivity contribution in [2.45, 2.75) is 32.7 Å². The molecule has 1 aliphatic rings. The molecular weight excluding hydrogens is 314 g/mol. The lowest BCUT2D eigenvalue weighted by Crippen LogP contribution is -2.30. The van der Waals surface area contributed by atoms with Gasteiger partial charge in [-0.05, 0) is 69.6 Å². The summed E-state index contributed by atoms with van der Waals surface area (Å²) in [6.07, 6.45) is 3.86. The van der Waals surface area contributed by atoms with Crippen molar-refractivity contribution in [3.05, 3.63) is 47.9 Å². The molecule has 2 aromatic rings. The summed E-state index contributed by atoms with van der Waals surface area (Å²) < 4.78 is 5.55. The van der Waals surface area contributed by atoms with Gasteiger partial charge < -0.3 is 14.6 Å². The predicted molar refractivity (Wildman–Crippen MR) is 101 cm³/mol. The topological polar surface area (TPSA) is 48.7 Å². The molecule has 0 bridgehead atoms. The van der Waals surface area contributed by atoms with Crippen LogP contribution in [0.5, 0.6) is 0 Å². The highest BCUT2D eigenvalue weighted by molar-refractivity contribution is 5.92. The molecule has 25 heavy (non-hydrogen) atoms. The molecule has 1 aliphatic heterocycles. The minimum Gasteiger partial charge on any atom is -0.465 e. The van der Waals surface area contributed by atoms with E-state index in [1.165, 1.54) is 24.9 Å². The summed E-state index contributed by atoms with van der Waals surface area (Å²) in [6.45, 7) is 5.12. The molecule has 5 heteroatoms. The Labute approximate surface area is 149 Å². The van der Waals surface area contributed by atoms with E-state index >= 15 is 0 Å². The number of amides is 1. The highest BCUT2D eigenvalue weighted by Crippen LogP contribution is 2.21. The van der Waals surface area contributed by atoms with E-state index in [9.17, 15) is 4.79 Å². The Morgan fingerprint density at radius 3 is 2.48 bits per heavy atom. The number of anilines is 2. The van der Waals surface area contributed by atoms with Gasteiger partial charge in [-0.15, -0.1) is 0 Å². The Balaban J connectivity index is 1.48. The van der Waals surface area contributed by atoms with Crippen LogP contribution in [0.1, 0.15) is 30.8 Å². The van der Waals surface area contributed by atoms with Gasteiger partial charge in [0.25, 0.3) is 0 Å². The van der Waals surface area contributed by atoms with E-state index in [2.05, 4.69) is 22.3 Å². The summed E-state index contributed by atoms with van der Waals surface area (Å²) in [7, 11) is 1.91. The number of benzene rings is 1. The molecule has 1 fully saturated rings. The van der Waals surface area contributed by atoms with E-state index in [0.717, 1.165) is 30.3 Å². The van der Waals surface area contributed by atoms with E-state index in [1.54, 1.807) is 0 Å². The van der Waals surface area contributed by atoms with Crippen molar-refractivity contribution in [3.63, 3.8) is 0 Å². The average Bonchev–Trinajstić information content (AvgIpc) is 3.01. The van der Waals surface area contributed by atoms with Crippen LogP contribution >= 0.6 is 0 Å². The number of piperidine rings is 1. The first-order valence-electron chi connectivity index (χ1n) is 8.99. The zero-order valence-electron chi connectivity index (χ0n) is 15.1. The summed E-state index contributed by atoms with van der Waals surface area (Å²) >= 11 is 0. The fourth-order valence-electron chi connectivity index (χ4n) is 3.25. The number of furan rings is 1. The molecule has 0 radical (unpaired) electrons. The highest BCUT2D eigenvalue weighted by atomic mass is 16.3. The van der Waals surface area contributed by atoms with Gasteiger partial charge in [0.15, 0.2) is 0 Å². The van der Waals surface area contributed by atoms with Crippen molar-refractivity contribution in [1.29, 1.82) is 0 Å². The molecule has 0 unspecified atom stereocenters. The van der Waals surface area contributed by atoms with Gasteiger partial charge >= 0.3 is 0 Å². The molecule has 5 nitrogen and oxygen atoms in total. The normalized spacial score (nSPS) is 14.8. The highest BCUT2D eigenvalue weighted by Gasteiger charge is 2.12. The lowest BCUT2D eigenvalue weighted by Gasteiger charge is -2.28. The SMILES string of the molecule is Cc1ccc(CN(C)CC(=O)Nc2ccc(N3CCCCC3)cc2)o1. The number of carbonyl (C=O) groups is 1. The van der Waals surface area contributed by atoms with Crippen molar-refractivity contribution in [2.75, 3.05) is 36.9 Å². The van der Waals surface area contributed by atoms with E-state index in [-0.39, 0.29) is 5.91 Å². The first-order valence-corrected chi connectivity index (χ1v) is 8.99. The Hall–Kier alpha value is -2.27. The van der Waals surface area contributed by atoms with Crippen molar-refractivity contribution in [2.24, 2.45) is 0 Å². The van der Waals surface area contributed by atoms with Crippen LogP contribution < -0.4 is 10.2 Å².